The van der Waals surface area contributed by atoms with E-state index in [0.717, 1.165) is 6.42 Å². The summed E-state index contributed by atoms with van der Waals surface area (Å²) in [5.41, 5.74) is 4.66. The molecule has 3 N–H and O–H groups in total. The highest BCUT2D eigenvalue weighted by Gasteiger charge is 2.49. The number of rotatable bonds is 4. The fourth-order valence-electron chi connectivity index (χ4n) is 2.32. The Bertz CT molecular complexity index is 293. The molecule has 1 rings (SSSR count). The molecule has 5 heteroatoms. The van der Waals surface area contributed by atoms with Gasteiger partial charge in [-0.15, -0.1) is 0 Å². The van der Waals surface area contributed by atoms with E-state index in [-0.39, 0.29) is 5.91 Å². The van der Waals surface area contributed by atoms with Gasteiger partial charge in [-0.1, -0.05) is 13.8 Å². The summed E-state index contributed by atoms with van der Waals surface area (Å²) in [4.78, 5) is 24.8. The van der Waals surface area contributed by atoms with Crippen molar-refractivity contribution in [3.8, 4) is 0 Å². The number of amides is 1. The van der Waals surface area contributed by atoms with Gasteiger partial charge in [0.05, 0.1) is 6.04 Å². The van der Waals surface area contributed by atoms with Crippen LogP contribution in [0.2, 0.25) is 0 Å². The third kappa shape index (κ3) is 1.91. The number of likely N-dealkylation sites (tertiary alicyclic amines) is 1. The number of nitrogens with zero attached hydrogens (tertiary/aromatic N) is 1. The Morgan fingerprint density at radius 2 is 2.12 bits per heavy atom. The van der Waals surface area contributed by atoms with Crippen LogP contribution in [0.25, 0.3) is 0 Å². The minimum absolute atomic E-state index is 0.232. The zero-order chi connectivity index (χ0) is 12.3. The largest absolute Gasteiger partial charge is 0.479 e. The number of carbonyl (C=O) groups is 2. The molecule has 5 nitrogen and oxygen atoms in total. The van der Waals surface area contributed by atoms with Crippen molar-refractivity contribution >= 4 is 11.9 Å². The maximum absolute atomic E-state index is 12.0. The van der Waals surface area contributed by atoms with Gasteiger partial charge in [-0.25, -0.2) is 4.79 Å². The topological polar surface area (TPSA) is 83.6 Å². The first-order valence-corrected chi connectivity index (χ1v) is 5.80. The molecule has 2 atom stereocenters. The van der Waals surface area contributed by atoms with Crippen molar-refractivity contribution in [2.45, 2.75) is 51.1 Å². The lowest BCUT2D eigenvalue weighted by molar-refractivity contribution is -0.157. The SMILES string of the molecule is CC[C@@H](N)C(=O)N1CCCC1(CC)C(=O)O. The number of carboxylic acid groups (broad SMARTS) is 1. The zero-order valence-corrected chi connectivity index (χ0v) is 9.90. The molecule has 92 valence electrons. The molecule has 0 aromatic carbocycles. The second-order valence-corrected chi connectivity index (χ2v) is 4.30. The molecule has 1 fully saturated rings. The molecule has 1 saturated heterocycles. The van der Waals surface area contributed by atoms with Gasteiger partial charge in [0.1, 0.15) is 5.54 Å². The number of carboxylic acids is 1. The Hall–Kier alpha value is -1.10. The lowest BCUT2D eigenvalue weighted by atomic mass is 9.92. The van der Waals surface area contributed by atoms with Gasteiger partial charge in [0.2, 0.25) is 5.91 Å². The lowest BCUT2D eigenvalue weighted by Gasteiger charge is -2.35. The molecular weight excluding hydrogens is 208 g/mol. The van der Waals surface area contributed by atoms with E-state index >= 15 is 0 Å². The van der Waals surface area contributed by atoms with Crippen LogP contribution >= 0.6 is 0 Å². The van der Waals surface area contributed by atoms with Gasteiger partial charge in [0, 0.05) is 6.54 Å². The maximum atomic E-state index is 12.0. The quantitative estimate of drug-likeness (QED) is 0.737. The van der Waals surface area contributed by atoms with Crippen molar-refractivity contribution in [3.63, 3.8) is 0 Å². The predicted molar refractivity (Wildman–Crippen MR) is 59.9 cm³/mol. The van der Waals surface area contributed by atoms with Crippen molar-refractivity contribution < 1.29 is 14.7 Å². The van der Waals surface area contributed by atoms with Crippen molar-refractivity contribution in [2.24, 2.45) is 5.73 Å². The Labute approximate surface area is 95.6 Å². The number of nitrogens with two attached hydrogens (primary N) is 1. The summed E-state index contributed by atoms with van der Waals surface area (Å²) < 4.78 is 0. The van der Waals surface area contributed by atoms with Crippen molar-refractivity contribution in [3.05, 3.63) is 0 Å². The molecule has 1 unspecified atom stereocenters. The van der Waals surface area contributed by atoms with Crippen LogP contribution in [0.1, 0.15) is 39.5 Å². The van der Waals surface area contributed by atoms with E-state index in [1.54, 1.807) is 6.92 Å². The fourth-order valence-corrected chi connectivity index (χ4v) is 2.32. The normalized spacial score (nSPS) is 26.8. The number of carbonyl (C=O) groups excluding carboxylic acids is 1. The first-order valence-electron chi connectivity index (χ1n) is 5.80. The molecule has 1 heterocycles. The predicted octanol–water partition coefficient (Wildman–Crippen LogP) is 0.579. The Morgan fingerprint density at radius 3 is 2.56 bits per heavy atom. The highest BCUT2D eigenvalue weighted by atomic mass is 16.4. The van der Waals surface area contributed by atoms with Gasteiger partial charge in [0.15, 0.2) is 0 Å². The van der Waals surface area contributed by atoms with E-state index in [1.165, 1.54) is 4.90 Å². The van der Waals surface area contributed by atoms with Crippen LogP contribution in [0, 0.1) is 0 Å². The Balaban J connectivity index is 2.94. The monoisotopic (exact) mass is 228 g/mol. The second kappa shape index (κ2) is 4.82. The van der Waals surface area contributed by atoms with Crippen molar-refractivity contribution in [1.29, 1.82) is 0 Å². The van der Waals surface area contributed by atoms with Crippen molar-refractivity contribution in [1.82, 2.24) is 4.90 Å². The Morgan fingerprint density at radius 1 is 1.50 bits per heavy atom. The number of hydrogen-bond donors (Lipinski definition) is 2. The molecule has 0 aliphatic carbocycles. The van der Waals surface area contributed by atoms with Gasteiger partial charge in [-0.3, -0.25) is 4.79 Å². The standard InChI is InChI=1S/C11H20N2O3/c1-3-8(12)9(14)13-7-5-6-11(13,4-2)10(15)16/h8H,3-7,12H2,1-2H3,(H,15,16)/t8-,11?/m1/s1. The molecule has 0 bridgehead atoms. The average Bonchev–Trinajstić information content (AvgIpc) is 2.71. The van der Waals surface area contributed by atoms with Crippen molar-refractivity contribution in [2.75, 3.05) is 6.54 Å². The smallest absolute Gasteiger partial charge is 0.329 e. The number of hydrogen-bond acceptors (Lipinski definition) is 3. The molecular formula is C11H20N2O3. The molecule has 0 aromatic rings. The van der Waals surface area contributed by atoms with E-state index in [9.17, 15) is 14.7 Å². The molecule has 1 aliphatic heterocycles. The van der Waals surface area contributed by atoms with Crippen LogP contribution in [0.15, 0.2) is 0 Å². The van der Waals surface area contributed by atoms with Gasteiger partial charge in [0.25, 0.3) is 0 Å². The first kappa shape index (κ1) is 13.0. The summed E-state index contributed by atoms with van der Waals surface area (Å²) in [6, 6.07) is -0.580. The van der Waals surface area contributed by atoms with Crippen LogP contribution in [0.5, 0.6) is 0 Å². The Kier molecular flexibility index (Phi) is 3.91. The van der Waals surface area contributed by atoms with Crippen LogP contribution in [-0.2, 0) is 9.59 Å². The van der Waals surface area contributed by atoms with Crippen LogP contribution in [0.4, 0.5) is 0 Å². The van der Waals surface area contributed by atoms with Crippen LogP contribution < -0.4 is 5.73 Å². The summed E-state index contributed by atoms with van der Waals surface area (Å²) in [6.45, 7) is 4.14. The maximum Gasteiger partial charge on any atom is 0.329 e. The summed E-state index contributed by atoms with van der Waals surface area (Å²) in [5, 5.41) is 9.30. The zero-order valence-electron chi connectivity index (χ0n) is 9.90. The average molecular weight is 228 g/mol. The summed E-state index contributed by atoms with van der Waals surface area (Å²) in [6.07, 6.45) is 2.24. The van der Waals surface area contributed by atoms with Crippen LogP contribution in [0.3, 0.4) is 0 Å². The summed E-state index contributed by atoms with van der Waals surface area (Å²) in [5.74, 6) is -1.14. The molecule has 0 saturated carbocycles. The van der Waals surface area contributed by atoms with Gasteiger partial charge < -0.3 is 15.7 Å². The fraction of sp³-hybridized carbons (Fsp3) is 0.818. The summed E-state index contributed by atoms with van der Waals surface area (Å²) in [7, 11) is 0. The third-order valence-electron chi connectivity index (χ3n) is 3.49. The number of aliphatic carboxylic acids is 1. The summed E-state index contributed by atoms with van der Waals surface area (Å²) >= 11 is 0. The minimum atomic E-state index is -1.02. The van der Waals surface area contributed by atoms with E-state index in [4.69, 9.17) is 5.73 Å². The molecule has 16 heavy (non-hydrogen) atoms. The highest BCUT2D eigenvalue weighted by molar-refractivity contribution is 5.90. The highest BCUT2D eigenvalue weighted by Crippen LogP contribution is 2.33. The van der Waals surface area contributed by atoms with E-state index < -0.39 is 17.6 Å². The molecule has 0 radical (unpaired) electrons. The van der Waals surface area contributed by atoms with E-state index in [2.05, 4.69) is 0 Å². The molecule has 1 amide bonds. The van der Waals surface area contributed by atoms with Gasteiger partial charge >= 0.3 is 5.97 Å². The van der Waals surface area contributed by atoms with Crippen LogP contribution in [-0.4, -0.2) is 40.0 Å². The van der Waals surface area contributed by atoms with E-state index in [0.29, 0.717) is 25.8 Å². The van der Waals surface area contributed by atoms with Gasteiger partial charge in [-0.05, 0) is 25.7 Å². The van der Waals surface area contributed by atoms with Gasteiger partial charge in [-0.2, -0.15) is 0 Å². The molecule has 0 spiro atoms. The molecule has 1 aliphatic rings. The minimum Gasteiger partial charge on any atom is -0.479 e. The van der Waals surface area contributed by atoms with E-state index in [1.807, 2.05) is 6.92 Å². The first-order chi connectivity index (χ1) is 7.49. The lowest BCUT2D eigenvalue weighted by Crippen LogP contribution is -2.56. The molecule has 0 aromatic heterocycles. The third-order valence-corrected chi connectivity index (χ3v) is 3.49. The second-order valence-electron chi connectivity index (χ2n) is 4.30.